The van der Waals surface area contributed by atoms with Crippen LogP contribution in [0.3, 0.4) is 0 Å². The van der Waals surface area contributed by atoms with Gasteiger partial charge < -0.3 is 15.4 Å². The Morgan fingerprint density at radius 1 is 1.62 bits per heavy atom. The number of ether oxygens (including phenoxy) is 1. The molecule has 0 aromatic carbocycles. The van der Waals surface area contributed by atoms with Gasteiger partial charge in [0, 0.05) is 13.3 Å². The summed E-state index contributed by atoms with van der Waals surface area (Å²) in [6, 6.07) is 0. The summed E-state index contributed by atoms with van der Waals surface area (Å²) < 4.78 is 6.64. The Hall–Kier alpha value is -1.11. The molecule has 1 aromatic rings. The van der Waals surface area contributed by atoms with Crippen LogP contribution in [0.1, 0.15) is 0 Å². The van der Waals surface area contributed by atoms with Gasteiger partial charge in [-0.1, -0.05) is 0 Å². The highest BCUT2D eigenvalue weighted by atomic mass is 35.5. The van der Waals surface area contributed by atoms with E-state index < -0.39 is 0 Å². The summed E-state index contributed by atoms with van der Waals surface area (Å²) in [5, 5.41) is 9.55. The number of aromatic nitrogens is 2. The molecule has 2 N–H and O–H groups in total. The molecule has 0 spiro atoms. The third kappa shape index (κ3) is 5.11. The van der Waals surface area contributed by atoms with Crippen molar-refractivity contribution in [1.29, 1.82) is 0 Å². The number of hydrogen-bond acceptors (Lipinski definition) is 4. The second-order valence-electron chi connectivity index (χ2n) is 3.06. The zero-order valence-corrected chi connectivity index (χ0v) is 10.2. The third-order valence-electron chi connectivity index (χ3n) is 1.78. The highest BCUT2D eigenvalue weighted by Crippen LogP contribution is 2.03. The Balaban J connectivity index is 0.00000225. The second kappa shape index (κ2) is 8.09. The summed E-state index contributed by atoms with van der Waals surface area (Å²) in [5.74, 6) is -0.0798. The molecule has 0 aliphatic rings. The largest absolute Gasteiger partial charge is 0.383 e. The Morgan fingerprint density at radius 2 is 2.38 bits per heavy atom. The van der Waals surface area contributed by atoms with E-state index >= 15 is 0 Å². The maximum atomic E-state index is 11.2. The van der Waals surface area contributed by atoms with Gasteiger partial charge in [0.1, 0.15) is 0 Å². The summed E-state index contributed by atoms with van der Waals surface area (Å²) in [6.45, 7) is 1.58. The van der Waals surface area contributed by atoms with E-state index in [9.17, 15) is 4.79 Å². The van der Waals surface area contributed by atoms with Gasteiger partial charge in [-0.3, -0.25) is 9.48 Å². The van der Waals surface area contributed by atoms with Crippen molar-refractivity contribution in [2.24, 2.45) is 0 Å². The molecule has 92 valence electrons. The van der Waals surface area contributed by atoms with Crippen molar-refractivity contribution in [2.75, 3.05) is 32.6 Å². The van der Waals surface area contributed by atoms with Crippen molar-refractivity contribution in [2.45, 2.75) is 6.54 Å². The monoisotopic (exact) mass is 248 g/mol. The normalized spacial score (nSPS) is 9.62. The number of likely N-dealkylation sites (N-methyl/N-ethyl adjacent to an activating group) is 1. The Labute approximate surface area is 101 Å². The minimum atomic E-state index is -0.0798. The molecule has 0 saturated heterocycles. The second-order valence-corrected chi connectivity index (χ2v) is 3.06. The van der Waals surface area contributed by atoms with Gasteiger partial charge in [-0.05, 0) is 7.05 Å². The van der Waals surface area contributed by atoms with Crippen LogP contribution in [0.4, 0.5) is 5.69 Å². The van der Waals surface area contributed by atoms with Crippen LogP contribution in [0.5, 0.6) is 0 Å². The molecule has 6 nitrogen and oxygen atoms in total. The zero-order valence-electron chi connectivity index (χ0n) is 9.40. The molecule has 7 heteroatoms. The average Bonchev–Trinajstić information content (AvgIpc) is 2.63. The van der Waals surface area contributed by atoms with E-state index in [-0.39, 0.29) is 18.3 Å². The topological polar surface area (TPSA) is 68.2 Å². The van der Waals surface area contributed by atoms with Gasteiger partial charge in [0.2, 0.25) is 5.91 Å². The molecule has 0 radical (unpaired) electrons. The van der Waals surface area contributed by atoms with E-state index in [1.807, 2.05) is 0 Å². The van der Waals surface area contributed by atoms with Gasteiger partial charge >= 0.3 is 0 Å². The molecule has 16 heavy (non-hydrogen) atoms. The summed E-state index contributed by atoms with van der Waals surface area (Å²) in [5.41, 5.74) is 0.700. The van der Waals surface area contributed by atoms with Gasteiger partial charge in [0.15, 0.2) is 0 Å². The van der Waals surface area contributed by atoms with E-state index in [2.05, 4.69) is 15.7 Å². The first kappa shape index (κ1) is 14.9. The number of nitrogens with one attached hydrogen (secondary N) is 2. The molecule has 0 atom stereocenters. The smallest absolute Gasteiger partial charge is 0.238 e. The number of carbonyl (C=O) groups excluding carboxylic acids is 1. The number of halogens is 1. The van der Waals surface area contributed by atoms with Gasteiger partial charge in [-0.15, -0.1) is 12.4 Å². The maximum Gasteiger partial charge on any atom is 0.238 e. The fourth-order valence-electron chi connectivity index (χ4n) is 1.10. The van der Waals surface area contributed by atoms with Crippen LogP contribution in [-0.2, 0) is 16.1 Å². The number of amides is 1. The molecule has 0 bridgehead atoms. The molecule has 1 aromatic heterocycles. The first-order valence-electron chi connectivity index (χ1n) is 4.72. The molecule has 1 amide bonds. The Bertz CT molecular complexity index is 316. The number of nitrogens with zero attached hydrogens (tertiary/aromatic N) is 2. The quantitative estimate of drug-likeness (QED) is 0.750. The molecule has 1 heterocycles. The fourth-order valence-corrected chi connectivity index (χ4v) is 1.10. The minimum Gasteiger partial charge on any atom is -0.383 e. The van der Waals surface area contributed by atoms with E-state index in [1.165, 1.54) is 0 Å². The number of hydrogen-bond donors (Lipinski definition) is 2. The highest BCUT2D eigenvalue weighted by molar-refractivity contribution is 5.91. The third-order valence-corrected chi connectivity index (χ3v) is 1.78. The van der Waals surface area contributed by atoms with Crippen molar-refractivity contribution >= 4 is 24.0 Å². The predicted octanol–water partition coefficient (Wildman–Crippen LogP) is 0.109. The van der Waals surface area contributed by atoms with Crippen LogP contribution in [0.25, 0.3) is 0 Å². The standard InChI is InChI=1S/C9H16N4O2.ClH/c1-10-6-9(14)12-8-5-11-13(7-8)3-4-15-2;/h5,7,10H,3-4,6H2,1-2H3,(H,12,14);1H. The first-order chi connectivity index (χ1) is 7.26. The van der Waals surface area contributed by atoms with Crippen LogP contribution in [0.2, 0.25) is 0 Å². The number of anilines is 1. The first-order valence-corrected chi connectivity index (χ1v) is 4.72. The maximum absolute atomic E-state index is 11.2. The Morgan fingerprint density at radius 3 is 3.00 bits per heavy atom. The number of rotatable bonds is 6. The number of carbonyl (C=O) groups is 1. The van der Waals surface area contributed by atoms with Crippen molar-refractivity contribution in [3.63, 3.8) is 0 Å². The molecule has 0 unspecified atom stereocenters. The molecule has 0 aliphatic heterocycles. The molecule has 0 aliphatic carbocycles. The minimum absolute atomic E-state index is 0. The van der Waals surface area contributed by atoms with Crippen LogP contribution in [-0.4, -0.2) is 43.0 Å². The summed E-state index contributed by atoms with van der Waals surface area (Å²) in [7, 11) is 3.36. The lowest BCUT2D eigenvalue weighted by Gasteiger charge is -2.00. The molecule has 1 rings (SSSR count). The Kier molecular flexibility index (Phi) is 7.53. The van der Waals surface area contributed by atoms with Crippen LogP contribution in [0, 0.1) is 0 Å². The van der Waals surface area contributed by atoms with E-state index in [0.29, 0.717) is 25.4 Å². The highest BCUT2D eigenvalue weighted by Gasteiger charge is 2.02. The van der Waals surface area contributed by atoms with Crippen LogP contribution in [0.15, 0.2) is 12.4 Å². The fraction of sp³-hybridized carbons (Fsp3) is 0.556. The van der Waals surface area contributed by atoms with E-state index in [1.54, 1.807) is 31.2 Å². The van der Waals surface area contributed by atoms with Gasteiger partial charge in [0.05, 0.1) is 31.6 Å². The lowest BCUT2D eigenvalue weighted by Crippen LogP contribution is -2.24. The average molecular weight is 249 g/mol. The van der Waals surface area contributed by atoms with Crippen LogP contribution >= 0.6 is 12.4 Å². The van der Waals surface area contributed by atoms with Gasteiger partial charge in [0.25, 0.3) is 0 Å². The molecular weight excluding hydrogens is 232 g/mol. The lowest BCUT2D eigenvalue weighted by molar-refractivity contribution is -0.115. The molecular formula is C9H17ClN4O2. The SMILES string of the molecule is CNCC(=O)Nc1cnn(CCOC)c1.Cl. The summed E-state index contributed by atoms with van der Waals surface area (Å²) >= 11 is 0. The van der Waals surface area contributed by atoms with Crippen molar-refractivity contribution in [3.8, 4) is 0 Å². The van der Waals surface area contributed by atoms with Crippen molar-refractivity contribution in [3.05, 3.63) is 12.4 Å². The predicted molar refractivity (Wildman–Crippen MR) is 63.9 cm³/mol. The van der Waals surface area contributed by atoms with Crippen LogP contribution < -0.4 is 10.6 Å². The zero-order chi connectivity index (χ0) is 11.1. The summed E-state index contributed by atoms with van der Waals surface area (Å²) in [6.07, 6.45) is 3.38. The van der Waals surface area contributed by atoms with E-state index in [0.717, 1.165) is 0 Å². The summed E-state index contributed by atoms with van der Waals surface area (Å²) in [4.78, 5) is 11.2. The van der Waals surface area contributed by atoms with Crippen molar-refractivity contribution < 1.29 is 9.53 Å². The lowest BCUT2D eigenvalue weighted by atomic mass is 10.5. The van der Waals surface area contributed by atoms with Crippen molar-refractivity contribution in [1.82, 2.24) is 15.1 Å². The number of methoxy groups -OCH3 is 1. The van der Waals surface area contributed by atoms with Gasteiger partial charge in [-0.25, -0.2) is 0 Å². The molecule has 0 saturated carbocycles. The van der Waals surface area contributed by atoms with Gasteiger partial charge in [-0.2, -0.15) is 5.10 Å². The van der Waals surface area contributed by atoms with E-state index in [4.69, 9.17) is 4.74 Å². The molecule has 0 fully saturated rings.